The minimum atomic E-state index is -2.19. The molecule has 0 aliphatic heterocycles. The van der Waals surface area contributed by atoms with E-state index in [1.165, 1.54) is 48.6 Å². The number of para-hydroxylation sites is 2. The van der Waals surface area contributed by atoms with E-state index < -0.39 is 8.07 Å². The third-order valence-electron chi connectivity index (χ3n) is 7.31. The van der Waals surface area contributed by atoms with Gasteiger partial charge in [-0.3, -0.25) is 0 Å². The summed E-state index contributed by atoms with van der Waals surface area (Å²) >= 11 is 0. The van der Waals surface area contributed by atoms with Crippen molar-refractivity contribution in [3.8, 4) is 5.69 Å². The van der Waals surface area contributed by atoms with Crippen LogP contribution in [0.4, 0.5) is 0 Å². The summed E-state index contributed by atoms with van der Waals surface area (Å²) < 4.78 is 2.45. The average Bonchev–Trinajstić information content (AvgIpc) is 3.24. The first-order valence-electron chi connectivity index (χ1n) is 11.9. The number of fused-ring (bicyclic) bond motifs is 3. The molecule has 5 aromatic carbocycles. The van der Waals surface area contributed by atoms with E-state index in [-0.39, 0.29) is 0 Å². The SMILES string of the molecule is Cc1ccc([Si](C)(c2ccccc2)c2ccccc2)cc1-n1c2ccccc2c2ccccc21. The van der Waals surface area contributed by atoms with Gasteiger partial charge in [0.15, 0.2) is 0 Å². The molecule has 2 heteroatoms. The van der Waals surface area contributed by atoms with Crippen LogP contribution in [0.3, 0.4) is 0 Å². The van der Waals surface area contributed by atoms with Gasteiger partial charge in [0.1, 0.15) is 8.07 Å². The van der Waals surface area contributed by atoms with Crippen molar-refractivity contribution in [2.24, 2.45) is 0 Å². The van der Waals surface area contributed by atoms with E-state index in [1.807, 2.05) is 0 Å². The fourth-order valence-corrected chi connectivity index (χ4v) is 8.95. The molecule has 0 N–H and O–H groups in total. The lowest BCUT2D eigenvalue weighted by molar-refractivity contribution is 1.15. The molecule has 0 saturated carbocycles. The van der Waals surface area contributed by atoms with Crippen LogP contribution < -0.4 is 15.6 Å². The maximum absolute atomic E-state index is 2.48. The van der Waals surface area contributed by atoms with Crippen molar-refractivity contribution >= 4 is 45.4 Å². The number of aromatic nitrogens is 1. The van der Waals surface area contributed by atoms with E-state index in [2.05, 4.69) is 145 Å². The lowest BCUT2D eigenvalue weighted by atomic mass is 10.2. The van der Waals surface area contributed by atoms with Crippen molar-refractivity contribution < 1.29 is 0 Å². The van der Waals surface area contributed by atoms with Crippen LogP contribution in [0, 0.1) is 6.92 Å². The summed E-state index contributed by atoms with van der Waals surface area (Å²) in [4.78, 5) is 0. The van der Waals surface area contributed by atoms with Gasteiger partial charge in [0.2, 0.25) is 0 Å². The van der Waals surface area contributed by atoms with Crippen LogP contribution in [0.1, 0.15) is 5.56 Å². The molecule has 0 saturated heterocycles. The summed E-state index contributed by atoms with van der Waals surface area (Å²) in [5, 5.41) is 6.88. The Morgan fingerprint density at radius 2 is 0.971 bits per heavy atom. The third-order valence-corrected chi connectivity index (χ3v) is 11.8. The van der Waals surface area contributed by atoms with Crippen LogP contribution in [-0.4, -0.2) is 12.6 Å². The minimum absolute atomic E-state index is 1.26. The zero-order valence-electron chi connectivity index (χ0n) is 19.6. The molecule has 0 fully saturated rings. The Bertz CT molecular complexity index is 1520. The predicted octanol–water partition coefficient (Wildman–Crippen LogP) is 6.19. The quantitative estimate of drug-likeness (QED) is 0.221. The van der Waals surface area contributed by atoms with E-state index in [4.69, 9.17) is 0 Å². The van der Waals surface area contributed by atoms with Crippen molar-refractivity contribution in [3.05, 3.63) is 133 Å². The van der Waals surface area contributed by atoms with E-state index >= 15 is 0 Å². The molecule has 0 unspecified atom stereocenters. The van der Waals surface area contributed by atoms with Crippen molar-refractivity contribution in [3.63, 3.8) is 0 Å². The second-order valence-corrected chi connectivity index (χ2v) is 13.2. The smallest absolute Gasteiger partial charge is 0.145 e. The topological polar surface area (TPSA) is 4.93 Å². The van der Waals surface area contributed by atoms with Crippen molar-refractivity contribution in [1.29, 1.82) is 0 Å². The van der Waals surface area contributed by atoms with Gasteiger partial charge in [-0.1, -0.05) is 116 Å². The summed E-state index contributed by atoms with van der Waals surface area (Å²) in [5.41, 5.74) is 5.06. The Morgan fingerprint density at radius 3 is 1.50 bits per heavy atom. The highest BCUT2D eigenvalue weighted by atomic mass is 28.3. The average molecular weight is 454 g/mol. The highest BCUT2D eigenvalue weighted by Gasteiger charge is 2.34. The monoisotopic (exact) mass is 453 g/mol. The van der Waals surface area contributed by atoms with E-state index in [0.29, 0.717) is 0 Å². The van der Waals surface area contributed by atoms with E-state index in [9.17, 15) is 0 Å². The molecule has 1 aromatic heterocycles. The minimum Gasteiger partial charge on any atom is -0.309 e. The number of aryl methyl sites for hydroxylation is 1. The molecule has 164 valence electrons. The molecule has 1 heterocycles. The number of nitrogens with zero attached hydrogens (tertiary/aromatic N) is 1. The molecule has 0 aliphatic carbocycles. The molecular weight excluding hydrogens is 426 g/mol. The molecule has 6 aromatic rings. The lowest BCUT2D eigenvalue weighted by Crippen LogP contribution is -2.64. The molecular formula is C32H27NSi. The van der Waals surface area contributed by atoms with Gasteiger partial charge in [-0.05, 0) is 46.2 Å². The summed E-state index contributed by atoms with van der Waals surface area (Å²) in [5.74, 6) is 0. The van der Waals surface area contributed by atoms with E-state index in [1.54, 1.807) is 0 Å². The zero-order valence-corrected chi connectivity index (χ0v) is 20.6. The van der Waals surface area contributed by atoms with Crippen LogP contribution in [0.15, 0.2) is 127 Å². The van der Waals surface area contributed by atoms with Gasteiger partial charge in [0.05, 0.1) is 11.0 Å². The molecule has 0 amide bonds. The van der Waals surface area contributed by atoms with Crippen LogP contribution in [0.5, 0.6) is 0 Å². The molecule has 34 heavy (non-hydrogen) atoms. The first-order valence-corrected chi connectivity index (χ1v) is 14.4. The fraction of sp³-hybridized carbons (Fsp3) is 0.0625. The second kappa shape index (κ2) is 8.16. The Balaban J connectivity index is 1.66. The van der Waals surface area contributed by atoms with Gasteiger partial charge in [0, 0.05) is 16.5 Å². The van der Waals surface area contributed by atoms with Gasteiger partial charge in [-0.2, -0.15) is 0 Å². The Morgan fingerprint density at radius 1 is 0.500 bits per heavy atom. The van der Waals surface area contributed by atoms with E-state index in [0.717, 1.165) is 0 Å². The lowest BCUT2D eigenvalue weighted by Gasteiger charge is -2.30. The molecule has 0 atom stereocenters. The Kier molecular flexibility index (Phi) is 4.97. The molecule has 6 rings (SSSR count). The van der Waals surface area contributed by atoms with Gasteiger partial charge in [0.25, 0.3) is 0 Å². The number of hydrogen-bond donors (Lipinski definition) is 0. The van der Waals surface area contributed by atoms with Crippen LogP contribution in [0.2, 0.25) is 6.55 Å². The third kappa shape index (κ3) is 3.14. The van der Waals surface area contributed by atoms with Crippen molar-refractivity contribution in [2.45, 2.75) is 13.5 Å². The Hall–Kier alpha value is -3.88. The maximum Gasteiger partial charge on any atom is 0.145 e. The molecule has 0 spiro atoms. The van der Waals surface area contributed by atoms with Crippen molar-refractivity contribution in [2.75, 3.05) is 0 Å². The standard InChI is InChI=1S/C32H27NSi/c1-24-21-22-27(34(2,25-13-5-3-6-14-25)26-15-7-4-8-16-26)23-32(24)33-30-19-11-9-17-28(30)29-18-10-12-20-31(29)33/h3-23H,1-2H3. The van der Waals surface area contributed by atoms with Gasteiger partial charge in [-0.25, -0.2) is 0 Å². The normalized spacial score (nSPS) is 11.8. The number of benzene rings is 5. The number of hydrogen-bond acceptors (Lipinski definition) is 0. The highest BCUT2D eigenvalue weighted by molar-refractivity contribution is 7.10. The first kappa shape index (κ1) is 20.7. The molecule has 0 aliphatic rings. The van der Waals surface area contributed by atoms with Crippen molar-refractivity contribution in [1.82, 2.24) is 4.57 Å². The summed E-state index contributed by atoms with van der Waals surface area (Å²) in [6, 6.07) is 46.8. The summed E-state index contributed by atoms with van der Waals surface area (Å²) in [6.07, 6.45) is 0. The number of rotatable bonds is 4. The Labute approximate surface area is 201 Å². The predicted molar refractivity (Wildman–Crippen MR) is 149 cm³/mol. The second-order valence-electron chi connectivity index (χ2n) is 9.23. The maximum atomic E-state index is 2.48. The van der Waals surface area contributed by atoms with Gasteiger partial charge < -0.3 is 4.57 Å². The summed E-state index contributed by atoms with van der Waals surface area (Å²) in [6.45, 7) is 4.71. The van der Waals surface area contributed by atoms with Crippen LogP contribution >= 0.6 is 0 Å². The fourth-order valence-electron chi connectivity index (χ4n) is 5.39. The van der Waals surface area contributed by atoms with Gasteiger partial charge in [-0.15, -0.1) is 0 Å². The summed E-state index contributed by atoms with van der Waals surface area (Å²) in [7, 11) is -2.19. The molecule has 1 nitrogen and oxygen atoms in total. The first-order chi connectivity index (χ1) is 16.7. The molecule has 0 radical (unpaired) electrons. The van der Waals surface area contributed by atoms with Crippen LogP contribution in [-0.2, 0) is 0 Å². The molecule has 0 bridgehead atoms. The highest BCUT2D eigenvalue weighted by Crippen LogP contribution is 2.32. The zero-order chi connectivity index (χ0) is 23.1. The van der Waals surface area contributed by atoms with Gasteiger partial charge >= 0.3 is 0 Å². The van der Waals surface area contributed by atoms with Crippen LogP contribution in [0.25, 0.3) is 27.5 Å². The largest absolute Gasteiger partial charge is 0.309 e.